The Morgan fingerprint density at radius 1 is 1.54 bits per heavy atom. The van der Waals surface area contributed by atoms with Crippen LogP contribution in [-0.4, -0.2) is 8.96 Å². The minimum absolute atomic E-state index is 0.00741. The quantitative estimate of drug-likeness (QED) is 0.735. The van der Waals surface area contributed by atoms with Crippen molar-refractivity contribution in [2.75, 3.05) is 0 Å². The molecule has 0 spiro atoms. The van der Waals surface area contributed by atoms with Crippen LogP contribution in [0.5, 0.6) is 0 Å². The van der Waals surface area contributed by atoms with Crippen LogP contribution < -0.4 is 0 Å². The molecule has 0 aliphatic rings. The van der Waals surface area contributed by atoms with Gasteiger partial charge in [-0.1, -0.05) is 11.6 Å². The second-order valence-corrected chi connectivity index (χ2v) is 3.28. The summed E-state index contributed by atoms with van der Waals surface area (Å²) >= 11 is 5.63. The number of aromatic nitrogens is 2. The van der Waals surface area contributed by atoms with E-state index in [-0.39, 0.29) is 17.4 Å². The number of fused-ring (bicyclic) bond motifs is 1. The van der Waals surface area contributed by atoms with Crippen LogP contribution in [-0.2, 0) is 0 Å². The zero-order chi connectivity index (χ0) is 9.42. The molecule has 2 rings (SSSR count). The first kappa shape index (κ1) is 8.77. The van der Waals surface area contributed by atoms with E-state index in [4.69, 9.17) is 11.6 Å². The summed E-state index contributed by atoms with van der Waals surface area (Å²) in [6.07, 6.45) is 2.41. The fourth-order valence-electron chi connectivity index (χ4n) is 1.06. The molecule has 0 saturated carbocycles. The SMILES string of the molecule is FSn1ccc2c(Cl)c(F)cnc21. The van der Waals surface area contributed by atoms with Gasteiger partial charge in [0.05, 0.1) is 11.2 Å². The van der Waals surface area contributed by atoms with Gasteiger partial charge < -0.3 is 0 Å². The third-order valence-electron chi connectivity index (χ3n) is 1.65. The van der Waals surface area contributed by atoms with Gasteiger partial charge in [0.25, 0.3) is 0 Å². The topological polar surface area (TPSA) is 17.8 Å². The molecule has 0 N–H and O–H groups in total. The van der Waals surface area contributed by atoms with Gasteiger partial charge in [-0.3, -0.25) is 0 Å². The standard InChI is InChI=1S/C7H3ClF2N2S/c8-6-4-1-2-12(13-10)7(4)11-3-5(6)9/h1-3H. The highest BCUT2D eigenvalue weighted by Gasteiger charge is 2.10. The monoisotopic (exact) mass is 220 g/mol. The van der Waals surface area contributed by atoms with E-state index < -0.39 is 5.82 Å². The molecule has 0 amide bonds. The van der Waals surface area contributed by atoms with E-state index in [0.29, 0.717) is 11.0 Å². The van der Waals surface area contributed by atoms with Crippen molar-refractivity contribution in [3.8, 4) is 0 Å². The number of halogens is 3. The van der Waals surface area contributed by atoms with Crippen LogP contribution in [0, 0.1) is 5.82 Å². The first-order chi connectivity index (χ1) is 6.24. The van der Waals surface area contributed by atoms with Crippen LogP contribution in [0.2, 0.25) is 5.02 Å². The average Bonchev–Trinajstić information content (AvgIpc) is 2.55. The Bertz CT molecular complexity index is 457. The normalized spacial score (nSPS) is 11.0. The Morgan fingerprint density at radius 3 is 3.00 bits per heavy atom. The van der Waals surface area contributed by atoms with Gasteiger partial charge >= 0.3 is 0 Å². The van der Waals surface area contributed by atoms with Gasteiger partial charge in [-0.15, -0.1) is 3.89 Å². The van der Waals surface area contributed by atoms with E-state index in [0.717, 1.165) is 6.20 Å². The predicted molar refractivity (Wildman–Crippen MR) is 48.8 cm³/mol. The highest BCUT2D eigenvalue weighted by molar-refractivity contribution is 7.92. The van der Waals surface area contributed by atoms with Crippen molar-refractivity contribution in [2.24, 2.45) is 0 Å². The zero-order valence-corrected chi connectivity index (χ0v) is 7.74. The van der Waals surface area contributed by atoms with E-state index in [1.165, 1.54) is 16.2 Å². The summed E-state index contributed by atoms with van der Waals surface area (Å²) in [4.78, 5) is 3.72. The summed E-state index contributed by atoms with van der Waals surface area (Å²) in [6.45, 7) is 0. The first-order valence-corrected chi connectivity index (χ1v) is 4.39. The van der Waals surface area contributed by atoms with Gasteiger partial charge in [0.1, 0.15) is 0 Å². The second-order valence-electron chi connectivity index (χ2n) is 2.37. The Hall–Kier alpha value is -0.810. The van der Waals surface area contributed by atoms with E-state index >= 15 is 0 Å². The van der Waals surface area contributed by atoms with Crippen molar-refractivity contribution in [1.82, 2.24) is 8.96 Å². The molecule has 6 heteroatoms. The molecule has 2 heterocycles. The lowest BCUT2D eigenvalue weighted by Crippen LogP contribution is -1.86. The molecule has 2 aromatic heterocycles. The molecule has 2 nitrogen and oxygen atoms in total. The predicted octanol–water partition coefficient (Wildman–Crippen LogP) is 3.21. The Morgan fingerprint density at radius 2 is 2.31 bits per heavy atom. The molecule has 0 fully saturated rings. The van der Waals surface area contributed by atoms with Crippen LogP contribution in [0.25, 0.3) is 11.0 Å². The van der Waals surface area contributed by atoms with Crippen molar-refractivity contribution < 1.29 is 8.28 Å². The molecule has 68 valence electrons. The van der Waals surface area contributed by atoms with Gasteiger partial charge in [-0.05, 0) is 6.07 Å². The van der Waals surface area contributed by atoms with Crippen molar-refractivity contribution in [3.05, 3.63) is 29.3 Å². The summed E-state index contributed by atoms with van der Waals surface area (Å²) in [5.74, 6) is -0.601. The lowest BCUT2D eigenvalue weighted by molar-refractivity contribution is 0.624. The molecule has 0 bridgehead atoms. The number of rotatable bonds is 1. The van der Waals surface area contributed by atoms with Crippen LogP contribution in [0.3, 0.4) is 0 Å². The summed E-state index contributed by atoms with van der Waals surface area (Å²) in [6, 6.07) is 1.51. The van der Waals surface area contributed by atoms with Crippen LogP contribution in [0.15, 0.2) is 18.5 Å². The summed E-state index contributed by atoms with van der Waals surface area (Å²) in [7, 11) is 0. The van der Waals surface area contributed by atoms with E-state index in [2.05, 4.69) is 4.98 Å². The van der Waals surface area contributed by atoms with Gasteiger partial charge in [0.2, 0.25) is 0 Å². The van der Waals surface area contributed by atoms with Gasteiger partial charge in [0, 0.05) is 11.6 Å². The number of hydrogen-bond acceptors (Lipinski definition) is 2. The molecule has 2 aromatic rings. The second kappa shape index (κ2) is 3.16. The van der Waals surface area contributed by atoms with Crippen LogP contribution in [0.1, 0.15) is 0 Å². The van der Waals surface area contributed by atoms with E-state index in [1.807, 2.05) is 0 Å². The molecular formula is C7H3ClF2N2S. The highest BCUT2D eigenvalue weighted by atomic mass is 35.5. The summed E-state index contributed by atoms with van der Waals surface area (Å²) < 4.78 is 26.2. The van der Waals surface area contributed by atoms with Gasteiger partial charge in [-0.2, -0.15) is 0 Å². The van der Waals surface area contributed by atoms with Crippen molar-refractivity contribution in [2.45, 2.75) is 0 Å². The smallest absolute Gasteiger partial charge is 0.171 e. The first-order valence-electron chi connectivity index (χ1n) is 3.34. The van der Waals surface area contributed by atoms with Crippen LogP contribution in [0.4, 0.5) is 8.28 Å². The molecular weight excluding hydrogens is 218 g/mol. The maximum Gasteiger partial charge on any atom is 0.171 e. The third-order valence-corrected chi connectivity index (χ3v) is 2.47. The maximum atomic E-state index is 12.9. The Kier molecular flexibility index (Phi) is 2.13. The number of hydrogen-bond donors (Lipinski definition) is 0. The molecule has 0 aliphatic heterocycles. The molecule has 0 atom stereocenters. The molecule has 0 aliphatic carbocycles. The molecule has 13 heavy (non-hydrogen) atoms. The largest absolute Gasteiger partial charge is 0.247 e. The van der Waals surface area contributed by atoms with Crippen molar-refractivity contribution in [3.63, 3.8) is 0 Å². The Labute approximate surface area is 81.9 Å². The fraction of sp³-hybridized carbons (Fsp3) is 0. The lowest BCUT2D eigenvalue weighted by atomic mass is 10.3. The average molecular weight is 221 g/mol. The molecule has 0 aromatic carbocycles. The molecule has 0 radical (unpaired) electrons. The summed E-state index contributed by atoms with van der Waals surface area (Å²) in [5, 5.41) is 0.379. The fourth-order valence-corrected chi connectivity index (χ4v) is 1.58. The van der Waals surface area contributed by atoms with Gasteiger partial charge in [0.15, 0.2) is 23.8 Å². The van der Waals surface area contributed by atoms with Crippen molar-refractivity contribution in [1.29, 1.82) is 0 Å². The van der Waals surface area contributed by atoms with Crippen molar-refractivity contribution >= 4 is 35.0 Å². The van der Waals surface area contributed by atoms with E-state index in [9.17, 15) is 8.28 Å². The molecule has 0 saturated heterocycles. The third kappa shape index (κ3) is 1.28. The van der Waals surface area contributed by atoms with E-state index in [1.54, 1.807) is 0 Å². The highest BCUT2D eigenvalue weighted by Crippen LogP contribution is 2.27. The minimum Gasteiger partial charge on any atom is -0.247 e. The Balaban J connectivity index is 2.81. The zero-order valence-electron chi connectivity index (χ0n) is 6.17. The number of nitrogens with zero attached hydrogens (tertiary/aromatic N) is 2. The maximum absolute atomic E-state index is 12.9. The van der Waals surface area contributed by atoms with Crippen LogP contribution >= 0.6 is 23.9 Å². The number of pyridine rings is 1. The summed E-state index contributed by atoms with van der Waals surface area (Å²) in [5.41, 5.74) is 0.318. The van der Waals surface area contributed by atoms with Gasteiger partial charge in [-0.25, -0.2) is 13.3 Å². The minimum atomic E-state index is -0.601. The molecule has 0 unspecified atom stereocenters. The lowest BCUT2D eigenvalue weighted by Gasteiger charge is -1.97.